The van der Waals surface area contributed by atoms with E-state index in [1.165, 1.54) is 12.1 Å². The van der Waals surface area contributed by atoms with Gasteiger partial charge in [0.05, 0.1) is 5.56 Å². The number of carbonyl (C=O) groups excluding carboxylic acids is 1. The van der Waals surface area contributed by atoms with Crippen molar-refractivity contribution in [3.05, 3.63) is 35.4 Å². The van der Waals surface area contributed by atoms with Gasteiger partial charge in [0.1, 0.15) is 5.78 Å². The van der Waals surface area contributed by atoms with Crippen LogP contribution in [0.25, 0.3) is 0 Å². The minimum absolute atomic E-state index is 0.0553. The van der Waals surface area contributed by atoms with Gasteiger partial charge < -0.3 is 0 Å². The van der Waals surface area contributed by atoms with E-state index in [1.807, 2.05) is 13.8 Å². The highest BCUT2D eigenvalue weighted by molar-refractivity contribution is 5.81. The zero-order chi connectivity index (χ0) is 13.1. The second-order valence-corrected chi connectivity index (χ2v) is 4.51. The first-order chi connectivity index (χ1) is 7.79. The molecule has 0 atom stereocenters. The van der Waals surface area contributed by atoms with Crippen LogP contribution in [-0.2, 0) is 17.4 Å². The molecule has 0 fully saturated rings. The van der Waals surface area contributed by atoms with Gasteiger partial charge in [0.15, 0.2) is 0 Å². The van der Waals surface area contributed by atoms with E-state index in [1.54, 1.807) is 0 Å². The monoisotopic (exact) mass is 244 g/mol. The minimum atomic E-state index is -4.32. The number of carbonyl (C=O) groups is 1. The highest BCUT2D eigenvalue weighted by Gasteiger charge is 2.29. The second kappa shape index (κ2) is 5.34. The molecule has 0 aromatic heterocycles. The van der Waals surface area contributed by atoms with Crippen LogP contribution in [0, 0.1) is 5.92 Å². The topological polar surface area (TPSA) is 17.1 Å². The van der Waals surface area contributed by atoms with Crippen molar-refractivity contribution in [3.63, 3.8) is 0 Å². The summed E-state index contributed by atoms with van der Waals surface area (Å²) in [5.41, 5.74) is -0.0544. The molecule has 0 saturated heterocycles. The van der Waals surface area contributed by atoms with Crippen molar-refractivity contribution >= 4 is 5.78 Å². The first-order valence-electron chi connectivity index (χ1n) is 5.47. The summed E-state index contributed by atoms with van der Waals surface area (Å²) in [5, 5.41) is 0. The molecule has 1 nitrogen and oxygen atoms in total. The number of ketones is 1. The van der Waals surface area contributed by atoms with Crippen molar-refractivity contribution in [1.29, 1.82) is 0 Å². The summed E-state index contributed by atoms with van der Waals surface area (Å²) in [6.07, 6.45) is -3.65. The number of halogens is 3. The summed E-state index contributed by atoms with van der Waals surface area (Å²) in [5.74, 6) is 0.330. The number of hydrogen-bond acceptors (Lipinski definition) is 1. The molecule has 1 aromatic carbocycles. The number of benzene rings is 1. The van der Waals surface area contributed by atoms with E-state index in [2.05, 4.69) is 0 Å². The Labute approximate surface area is 98.6 Å². The van der Waals surface area contributed by atoms with E-state index in [-0.39, 0.29) is 18.1 Å². The van der Waals surface area contributed by atoms with Gasteiger partial charge in [-0.25, -0.2) is 0 Å². The van der Waals surface area contributed by atoms with Gasteiger partial charge in [0.25, 0.3) is 0 Å². The van der Waals surface area contributed by atoms with Crippen molar-refractivity contribution in [1.82, 2.24) is 0 Å². The average molecular weight is 244 g/mol. The molecule has 0 heterocycles. The predicted molar refractivity (Wildman–Crippen MR) is 59.6 cm³/mol. The fourth-order valence-corrected chi connectivity index (χ4v) is 1.57. The van der Waals surface area contributed by atoms with E-state index < -0.39 is 11.7 Å². The van der Waals surface area contributed by atoms with Crippen molar-refractivity contribution in [2.45, 2.75) is 32.9 Å². The van der Waals surface area contributed by atoms with E-state index in [4.69, 9.17) is 0 Å². The molecule has 1 aromatic rings. The average Bonchev–Trinajstić information content (AvgIpc) is 2.15. The smallest absolute Gasteiger partial charge is 0.299 e. The molecular weight excluding hydrogens is 229 g/mol. The molecule has 17 heavy (non-hydrogen) atoms. The Kier molecular flexibility index (Phi) is 4.32. The van der Waals surface area contributed by atoms with E-state index in [9.17, 15) is 18.0 Å². The van der Waals surface area contributed by atoms with E-state index in [0.29, 0.717) is 12.0 Å². The van der Waals surface area contributed by atoms with Crippen LogP contribution in [0.2, 0.25) is 0 Å². The van der Waals surface area contributed by atoms with Crippen LogP contribution in [0.3, 0.4) is 0 Å². The lowest BCUT2D eigenvalue weighted by Gasteiger charge is -2.08. The lowest BCUT2D eigenvalue weighted by Crippen LogP contribution is -2.08. The maximum absolute atomic E-state index is 12.3. The maximum atomic E-state index is 12.3. The fraction of sp³-hybridized carbons (Fsp3) is 0.462. The summed E-state index contributed by atoms with van der Waals surface area (Å²) < 4.78 is 36.9. The van der Waals surface area contributed by atoms with Crippen LogP contribution < -0.4 is 0 Å². The number of rotatable bonds is 4. The molecule has 0 aliphatic rings. The Balaban J connectivity index is 2.66. The predicted octanol–water partition coefficient (Wildman–Crippen LogP) is 3.86. The molecule has 1 rings (SSSR count). The third-order valence-corrected chi connectivity index (χ3v) is 2.32. The lowest BCUT2D eigenvalue weighted by molar-refractivity contribution is -0.137. The Bertz CT molecular complexity index is 377. The van der Waals surface area contributed by atoms with Gasteiger partial charge in [0.2, 0.25) is 0 Å². The zero-order valence-corrected chi connectivity index (χ0v) is 9.84. The molecule has 4 heteroatoms. The minimum Gasteiger partial charge on any atom is -0.299 e. The third kappa shape index (κ3) is 4.59. The SMILES string of the molecule is CC(C)CC(=O)Cc1ccc(C(F)(F)F)cc1. The maximum Gasteiger partial charge on any atom is 0.416 e. The summed E-state index contributed by atoms with van der Waals surface area (Å²) in [4.78, 5) is 11.5. The van der Waals surface area contributed by atoms with Crippen LogP contribution in [0.4, 0.5) is 13.2 Å². The molecule has 94 valence electrons. The van der Waals surface area contributed by atoms with Crippen molar-refractivity contribution in [3.8, 4) is 0 Å². The largest absolute Gasteiger partial charge is 0.416 e. The molecule has 0 unspecified atom stereocenters. The van der Waals surface area contributed by atoms with E-state index >= 15 is 0 Å². The van der Waals surface area contributed by atoms with Crippen LogP contribution >= 0.6 is 0 Å². The van der Waals surface area contributed by atoms with Gasteiger partial charge in [-0.15, -0.1) is 0 Å². The van der Waals surface area contributed by atoms with Gasteiger partial charge in [-0.1, -0.05) is 26.0 Å². The summed E-state index contributed by atoms with van der Waals surface area (Å²) >= 11 is 0. The molecule has 0 amide bonds. The van der Waals surface area contributed by atoms with Gasteiger partial charge in [-0.3, -0.25) is 4.79 Å². The van der Waals surface area contributed by atoms with Crippen LogP contribution in [0.15, 0.2) is 24.3 Å². The Morgan fingerprint density at radius 3 is 2.12 bits per heavy atom. The molecular formula is C13H15F3O. The summed E-state index contributed by atoms with van der Waals surface area (Å²) in [6, 6.07) is 4.75. The first-order valence-corrected chi connectivity index (χ1v) is 5.47. The van der Waals surface area contributed by atoms with Gasteiger partial charge in [0, 0.05) is 12.8 Å². The zero-order valence-electron chi connectivity index (χ0n) is 9.84. The number of Topliss-reactive ketones (excluding diaryl/α,β-unsaturated/α-hetero) is 1. The summed E-state index contributed by atoms with van der Waals surface area (Å²) in [7, 11) is 0. The molecule has 0 bridgehead atoms. The lowest BCUT2D eigenvalue weighted by atomic mass is 10.0. The van der Waals surface area contributed by atoms with Crippen molar-refractivity contribution in [2.24, 2.45) is 5.92 Å². The highest BCUT2D eigenvalue weighted by Crippen LogP contribution is 2.29. The first kappa shape index (κ1) is 13.7. The highest BCUT2D eigenvalue weighted by atomic mass is 19.4. The molecule has 0 radical (unpaired) electrons. The molecule has 0 aliphatic carbocycles. The Morgan fingerprint density at radius 2 is 1.71 bits per heavy atom. The molecule has 0 spiro atoms. The quantitative estimate of drug-likeness (QED) is 0.786. The van der Waals surface area contributed by atoms with Crippen LogP contribution in [-0.4, -0.2) is 5.78 Å². The standard InChI is InChI=1S/C13H15F3O/c1-9(2)7-12(17)8-10-3-5-11(6-4-10)13(14,15)16/h3-6,9H,7-8H2,1-2H3. The fourth-order valence-electron chi connectivity index (χ4n) is 1.57. The van der Waals surface area contributed by atoms with Gasteiger partial charge in [-0.2, -0.15) is 13.2 Å². The third-order valence-electron chi connectivity index (χ3n) is 2.32. The second-order valence-electron chi connectivity index (χ2n) is 4.51. The van der Waals surface area contributed by atoms with Crippen LogP contribution in [0.5, 0.6) is 0 Å². The summed E-state index contributed by atoms with van der Waals surface area (Å²) in [6.45, 7) is 3.87. The van der Waals surface area contributed by atoms with E-state index in [0.717, 1.165) is 12.1 Å². The Morgan fingerprint density at radius 1 is 1.18 bits per heavy atom. The van der Waals surface area contributed by atoms with Gasteiger partial charge >= 0.3 is 6.18 Å². The molecule has 0 N–H and O–H groups in total. The Hall–Kier alpha value is -1.32. The normalized spacial score (nSPS) is 11.9. The van der Waals surface area contributed by atoms with Gasteiger partial charge in [-0.05, 0) is 23.6 Å². The van der Waals surface area contributed by atoms with Crippen molar-refractivity contribution in [2.75, 3.05) is 0 Å². The number of hydrogen-bond donors (Lipinski definition) is 0. The van der Waals surface area contributed by atoms with Crippen molar-refractivity contribution < 1.29 is 18.0 Å². The molecule has 0 saturated carbocycles. The number of alkyl halides is 3. The molecule has 0 aliphatic heterocycles. The van der Waals surface area contributed by atoms with Crippen LogP contribution in [0.1, 0.15) is 31.4 Å².